The van der Waals surface area contributed by atoms with Crippen molar-refractivity contribution in [3.63, 3.8) is 0 Å². The average molecular weight is 261 g/mol. The Morgan fingerprint density at radius 1 is 1.21 bits per heavy atom. The molecule has 3 N–H and O–H groups in total. The van der Waals surface area contributed by atoms with Crippen LogP contribution in [0.15, 0.2) is 30.3 Å². The van der Waals surface area contributed by atoms with E-state index in [9.17, 15) is 15.0 Å². The molecule has 5 nitrogen and oxygen atoms in total. The molecule has 0 bridgehead atoms. The van der Waals surface area contributed by atoms with Gasteiger partial charge in [0, 0.05) is 0 Å². The van der Waals surface area contributed by atoms with E-state index in [4.69, 9.17) is 0 Å². The fourth-order valence-corrected chi connectivity index (χ4v) is 1.92. The van der Waals surface area contributed by atoms with E-state index in [1.54, 1.807) is 0 Å². The summed E-state index contributed by atoms with van der Waals surface area (Å²) in [6.07, 6.45) is 1.18. The molecule has 1 aromatic carbocycles. The smallest absolute Gasteiger partial charge is 0.347 e. The second-order valence-corrected chi connectivity index (χ2v) is 4.15. The van der Waals surface area contributed by atoms with Crippen LogP contribution in [-0.2, 0) is 17.6 Å². The molecule has 0 radical (unpaired) electrons. The van der Waals surface area contributed by atoms with Gasteiger partial charge in [0.05, 0.1) is 12.8 Å². The highest BCUT2D eigenvalue weighted by atomic mass is 16.5. The van der Waals surface area contributed by atoms with Gasteiger partial charge in [0.1, 0.15) is 0 Å². The third kappa shape index (κ3) is 2.70. The molecule has 1 aromatic heterocycles. The molecule has 2 rings (SSSR count). The third-order valence-corrected chi connectivity index (χ3v) is 2.92. The maximum atomic E-state index is 11.4. The summed E-state index contributed by atoms with van der Waals surface area (Å²) in [6, 6.07) is 9.74. The predicted octanol–water partition coefficient (Wildman–Crippen LogP) is 2.00. The largest absolute Gasteiger partial charge is 0.505 e. The van der Waals surface area contributed by atoms with Gasteiger partial charge in [0.15, 0.2) is 11.3 Å². The van der Waals surface area contributed by atoms with E-state index in [0.29, 0.717) is 18.5 Å². The number of carbonyl (C=O) groups excluding carboxylic acids is 1. The van der Waals surface area contributed by atoms with Crippen molar-refractivity contribution < 1.29 is 19.7 Å². The summed E-state index contributed by atoms with van der Waals surface area (Å²) in [5.74, 6) is -1.38. The maximum absolute atomic E-state index is 11.4. The maximum Gasteiger partial charge on any atom is 0.347 e. The Morgan fingerprint density at radius 2 is 1.89 bits per heavy atom. The minimum absolute atomic E-state index is 0.217. The molecule has 0 aliphatic rings. The number of methoxy groups -OCH3 is 1. The fourth-order valence-electron chi connectivity index (χ4n) is 1.92. The number of rotatable bonds is 4. The molecule has 0 unspecified atom stereocenters. The van der Waals surface area contributed by atoms with Crippen LogP contribution < -0.4 is 0 Å². The normalized spacial score (nSPS) is 10.4. The highest BCUT2D eigenvalue weighted by molar-refractivity contribution is 5.95. The van der Waals surface area contributed by atoms with Gasteiger partial charge in [-0.05, 0) is 18.4 Å². The first-order chi connectivity index (χ1) is 9.13. The zero-order chi connectivity index (χ0) is 13.8. The zero-order valence-corrected chi connectivity index (χ0v) is 10.5. The van der Waals surface area contributed by atoms with Crippen LogP contribution in [0.2, 0.25) is 0 Å². The number of aromatic hydroxyl groups is 2. The number of aromatic amines is 1. The zero-order valence-electron chi connectivity index (χ0n) is 10.5. The molecule has 0 aliphatic carbocycles. The minimum Gasteiger partial charge on any atom is -0.505 e. The van der Waals surface area contributed by atoms with E-state index in [-0.39, 0.29) is 17.2 Å². The van der Waals surface area contributed by atoms with E-state index >= 15 is 0 Å². The van der Waals surface area contributed by atoms with Gasteiger partial charge in [-0.2, -0.15) is 0 Å². The number of ether oxygens (including phenoxy) is 1. The molecular weight excluding hydrogens is 246 g/mol. The first-order valence-electron chi connectivity index (χ1n) is 5.88. The van der Waals surface area contributed by atoms with Crippen LogP contribution in [0, 0.1) is 0 Å². The Balaban J connectivity index is 2.16. The molecule has 19 heavy (non-hydrogen) atoms. The summed E-state index contributed by atoms with van der Waals surface area (Å²) in [4.78, 5) is 14.0. The Labute approximate surface area is 110 Å². The molecular formula is C14H15NO4. The lowest BCUT2D eigenvalue weighted by Gasteiger charge is -2.01. The quantitative estimate of drug-likeness (QED) is 0.735. The van der Waals surface area contributed by atoms with Crippen molar-refractivity contribution in [2.45, 2.75) is 12.8 Å². The van der Waals surface area contributed by atoms with Crippen molar-refractivity contribution >= 4 is 5.97 Å². The summed E-state index contributed by atoms with van der Waals surface area (Å²) in [6.45, 7) is 0. The minimum atomic E-state index is -0.766. The molecule has 0 amide bonds. The van der Waals surface area contributed by atoms with E-state index in [2.05, 4.69) is 9.72 Å². The highest BCUT2D eigenvalue weighted by Gasteiger charge is 2.23. The molecule has 0 aliphatic heterocycles. The van der Waals surface area contributed by atoms with Gasteiger partial charge >= 0.3 is 5.97 Å². The second kappa shape index (κ2) is 5.48. The Hall–Kier alpha value is -2.43. The molecule has 0 atom stereocenters. The Bertz CT molecular complexity index is 575. The number of esters is 1. The van der Waals surface area contributed by atoms with Crippen molar-refractivity contribution in [1.29, 1.82) is 0 Å². The number of hydrogen-bond acceptors (Lipinski definition) is 4. The monoisotopic (exact) mass is 261 g/mol. The van der Waals surface area contributed by atoms with Crippen LogP contribution >= 0.6 is 0 Å². The van der Waals surface area contributed by atoms with Crippen LogP contribution in [0.3, 0.4) is 0 Å². The number of aromatic nitrogens is 1. The number of nitrogens with one attached hydrogen (secondary N) is 1. The molecule has 0 fully saturated rings. The number of aryl methyl sites for hydroxylation is 2. The fraction of sp³-hybridized carbons (Fsp3) is 0.214. The lowest BCUT2D eigenvalue weighted by molar-refractivity contribution is 0.0594. The van der Waals surface area contributed by atoms with Crippen LogP contribution in [0.4, 0.5) is 0 Å². The molecule has 0 saturated heterocycles. The van der Waals surface area contributed by atoms with Gasteiger partial charge in [-0.25, -0.2) is 4.79 Å². The lowest BCUT2D eigenvalue weighted by Crippen LogP contribution is -2.00. The van der Waals surface area contributed by atoms with Gasteiger partial charge in [0.2, 0.25) is 5.88 Å². The van der Waals surface area contributed by atoms with Gasteiger partial charge in [-0.15, -0.1) is 0 Å². The number of benzene rings is 1. The summed E-state index contributed by atoms with van der Waals surface area (Å²) < 4.78 is 4.50. The van der Waals surface area contributed by atoms with Gasteiger partial charge in [-0.3, -0.25) is 0 Å². The van der Waals surface area contributed by atoms with E-state index in [0.717, 1.165) is 5.56 Å². The molecule has 1 heterocycles. The van der Waals surface area contributed by atoms with Crippen molar-refractivity contribution in [2.75, 3.05) is 7.11 Å². The van der Waals surface area contributed by atoms with E-state index in [1.807, 2.05) is 30.3 Å². The molecule has 0 saturated carbocycles. The summed E-state index contributed by atoms with van der Waals surface area (Å²) in [5.41, 5.74) is 1.31. The first kappa shape index (κ1) is 13.0. The number of carbonyl (C=O) groups is 1. The highest BCUT2D eigenvalue weighted by Crippen LogP contribution is 2.31. The predicted molar refractivity (Wildman–Crippen MR) is 69.3 cm³/mol. The number of H-pyrrole nitrogens is 1. The van der Waals surface area contributed by atoms with Gasteiger partial charge in [0.25, 0.3) is 0 Å². The van der Waals surface area contributed by atoms with Crippen molar-refractivity contribution in [2.24, 2.45) is 0 Å². The molecule has 5 heteroatoms. The molecule has 0 spiro atoms. The molecule has 2 aromatic rings. The topological polar surface area (TPSA) is 82.5 Å². The van der Waals surface area contributed by atoms with Crippen molar-refractivity contribution in [3.05, 3.63) is 47.2 Å². The SMILES string of the molecule is COC(=O)c1c(O)[nH]c(CCc2ccccc2)c1O. The lowest BCUT2D eigenvalue weighted by atomic mass is 10.1. The summed E-state index contributed by atoms with van der Waals surface area (Å²) in [7, 11) is 1.19. The third-order valence-electron chi connectivity index (χ3n) is 2.92. The van der Waals surface area contributed by atoms with Gasteiger partial charge in [-0.1, -0.05) is 30.3 Å². The van der Waals surface area contributed by atoms with Gasteiger partial charge < -0.3 is 19.9 Å². The van der Waals surface area contributed by atoms with Crippen molar-refractivity contribution in [1.82, 2.24) is 4.98 Å². The first-order valence-corrected chi connectivity index (χ1v) is 5.88. The van der Waals surface area contributed by atoms with Crippen molar-refractivity contribution in [3.8, 4) is 11.6 Å². The molecule has 100 valence electrons. The summed E-state index contributed by atoms with van der Waals surface area (Å²) >= 11 is 0. The van der Waals surface area contributed by atoms with Crippen LogP contribution in [0.25, 0.3) is 0 Å². The van der Waals surface area contributed by atoms with Crippen LogP contribution in [0.5, 0.6) is 11.6 Å². The van der Waals surface area contributed by atoms with E-state index < -0.39 is 5.97 Å². The van der Waals surface area contributed by atoms with E-state index in [1.165, 1.54) is 7.11 Å². The summed E-state index contributed by atoms with van der Waals surface area (Å²) in [5, 5.41) is 19.5. The van der Waals surface area contributed by atoms with Crippen LogP contribution in [-0.4, -0.2) is 28.3 Å². The van der Waals surface area contributed by atoms with Crippen LogP contribution in [0.1, 0.15) is 21.6 Å². The average Bonchev–Trinajstić information content (AvgIpc) is 2.71. The standard InChI is InChI=1S/C14H15NO4/c1-19-14(18)11-12(16)10(15-13(11)17)8-7-9-5-3-2-4-6-9/h2-6,15-17H,7-8H2,1H3. The second-order valence-electron chi connectivity index (χ2n) is 4.15. The Morgan fingerprint density at radius 3 is 2.53 bits per heavy atom. The Kier molecular flexibility index (Phi) is 3.75. The number of hydrogen-bond donors (Lipinski definition) is 3.